The monoisotopic (exact) mass is 459 g/mol. The molecule has 1 N–H and O–H groups in total. The number of halogens is 3. The number of aromatic nitrogens is 2. The second-order valence-electron chi connectivity index (χ2n) is 7.34. The molecule has 1 amide bonds. The SMILES string of the molecule is COc1ccc(C=CC(=O)NCc2ccc(-n3nc(C)cc3C)cc2C(F)(F)F)cc1OC. The van der Waals surface area contributed by atoms with Crippen LogP contribution in [-0.2, 0) is 17.5 Å². The normalized spacial score (nSPS) is 11.6. The molecule has 174 valence electrons. The Balaban J connectivity index is 1.75. The van der Waals surface area contributed by atoms with Gasteiger partial charge in [0.25, 0.3) is 0 Å². The highest BCUT2D eigenvalue weighted by Crippen LogP contribution is 2.34. The molecular weight excluding hydrogens is 435 g/mol. The predicted molar refractivity (Wildman–Crippen MR) is 118 cm³/mol. The van der Waals surface area contributed by atoms with E-state index in [0.717, 1.165) is 11.8 Å². The molecule has 0 spiro atoms. The van der Waals surface area contributed by atoms with E-state index in [0.29, 0.717) is 28.4 Å². The summed E-state index contributed by atoms with van der Waals surface area (Å²) in [6, 6.07) is 10.8. The third-order valence-electron chi connectivity index (χ3n) is 4.94. The summed E-state index contributed by atoms with van der Waals surface area (Å²) in [6.45, 7) is 3.26. The molecule has 0 unspecified atom stereocenters. The van der Waals surface area contributed by atoms with Crippen LogP contribution in [0, 0.1) is 13.8 Å². The van der Waals surface area contributed by atoms with Crippen LogP contribution in [0.3, 0.4) is 0 Å². The van der Waals surface area contributed by atoms with Crippen molar-refractivity contribution >= 4 is 12.0 Å². The van der Waals surface area contributed by atoms with E-state index in [9.17, 15) is 18.0 Å². The Hall–Kier alpha value is -3.75. The Morgan fingerprint density at radius 2 is 1.79 bits per heavy atom. The van der Waals surface area contributed by atoms with Crippen LogP contribution >= 0.6 is 0 Å². The molecule has 0 aliphatic carbocycles. The van der Waals surface area contributed by atoms with E-state index >= 15 is 0 Å². The molecular formula is C24H24F3N3O3. The molecule has 9 heteroatoms. The maximum atomic E-state index is 13.7. The van der Waals surface area contributed by atoms with Crippen molar-refractivity contribution in [1.82, 2.24) is 15.1 Å². The number of hydrogen-bond donors (Lipinski definition) is 1. The van der Waals surface area contributed by atoms with E-state index in [-0.39, 0.29) is 12.1 Å². The fourth-order valence-electron chi connectivity index (χ4n) is 3.37. The molecule has 1 heterocycles. The average Bonchev–Trinajstić information content (AvgIpc) is 3.13. The Kier molecular flexibility index (Phi) is 7.10. The highest BCUT2D eigenvalue weighted by atomic mass is 19.4. The first-order valence-corrected chi connectivity index (χ1v) is 10.0. The summed E-state index contributed by atoms with van der Waals surface area (Å²) < 4.78 is 52.9. The van der Waals surface area contributed by atoms with Crippen LogP contribution in [-0.4, -0.2) is 29.9 Å². The first-order valence-electron chi connectivity index (χ1n) is 10.0. The maximum absolute atomic E-state index is 13.7. The highest BCUT2D eigenvalue weighted by Gasteiger charge is 2.34. The smallest absolute Gasteiger partial charge is 0.416 e. The number of carbonyl (C=O) groups is 1. The summed E-state index contributed by atoms with van der Waals surface area (Å²) in [4.78, 5) is 12.2. The van der Waals surface area contributed by atoms with Crippen LogP contribution < -0.4 is 14.8 Å². The molecule has 2 aromatic carbocycles. The summed E-state index contributed by atoms with van der Waals surface area (Å²) >= 11 is 0. The molecule has 0 atom stereocenters. The largest absolute Gasteiger partial charge is 0.493 e. The van der Waals surface area contributed by atoms with Gasteiger partial charge in [0, 0.05) is 18.3 Å². The maximum Gasteiger partial charge on any atom is 0.416 e. The van der Waals surface area contributed by atoms with E-state index in [1.807, 2.05) is 0 Å². The van der Waals surface area contributed by atoms with Crippen molar-refractivity contribution in [3.63, 3.8) is 0 Å². The van der Waals surface area contributed by atoms with Gasteiger partial charge in [0.15, 0.2) is 11.5 Å². The molecule has 0 bridgehead atoms. The number of amides is 1. The highest BCUT2D eigenvalue weighted by molar-refractivity contribution is 5.91. The average molecular weight is 459 g/mol. The number of nitrogens with one attached hydrogen (secondary N) is 1. The number of alkyl halides is 3. The molecule has 1 aromatic heterocycles. The van der Waals surface area contributed by atoms with Crippen LogP contribution in [0.1, 0.15) is 28.1 Å². The fraction of sp³-hybridized carbons (Fsp3) is 0.250. The third-order valence-corrected chi connectivity index (χ3v) is 4.94. The molecule has 0 aliphatic heterocycles. The van der Waals surface area contributed by atoms with Gasteiger partial charge in [-0.2, -0.15) is 18.3 Å². The van der Waals surface area contributed by atoms with E-state index in [4.69, 9.17) is 9.47 Å². The van der Waals surface area contributed by atoms with Gasteiger partial charge < -0.3 is 14.8 Å². The van der Waals surface area contributed by atoms with Crippen molar-refractivity contribution in [3.8, 4) is 17.2 Å². The van der Waals surface area contributed by atoms with Gasteiger partial charge in [-0.05, 0) is 61.4 Å². The number of rotatable bonds is 7. The van der Waals surface area contributed by atoms with E-state index in [2.05, 4.69) is 10.4 Å². The number of aryl methyl sites for hydroxylation is 2. The van der Waals surface area contributed by atoms with Crippen molar-refractivity contribution in [2.75, 3.05) is 14.2 Å². The zero-order valence-electron chi connectivity index (χ0n) is 18.7. The lowest BCUT2D eigenvalue weighted by molar-refractivity contribution is -0.138. The number of ether oxygens (including phenoxy) is 2. The molecule has 0 saturated heterocycles. The van der Waals surface area contributed by atoms with Crippen molar-refractivity contribution in [2.45, 2.75) is 26.6 Å². The molecule has 6 nitrogen and oxygen atoms in total. The number of hydrogen-bond acceptors (Lipinski definition) is 4. The first-order chi connectivity index (χ1) is 15.6. The minimum absolute atomic E-state index is 0.0411. The van der Waals surface area contributed by atoms with Gasteiger partial charge in [-0.15, -0.1) is 0 Å². The molecule has 0 radical (unpaired) electrons. The summed E-state index contributed by atoms with van der Waals surface area (Å²) in [5.74, 6) is 0.515. The standard InChI is InChI=1S/C24H24F3N3O3/c1-15-11-16(2)30(29-15)19-8-7-18(20(13-19)24(25,26)27)14-28-23(31)10-6-17-5-9-21(32-3)22(12-17)33-4/h5-13H,14H2,1-4H3,(H,28,31). The quantitative estimate of drug-likeness (QED) is 0.513. The Bertz CT molecular complexity index is 1180. The van der Waals surface area contributed by atoms with Gasteiger partial charge in [0.2, 0.25) is 5.91 Å². The van der Waals surface area contributed by atoms with E-state index in [1.54, 1.807) is 44.2 Å². The van der Waals surface area contributed by atoms with Gasteiger partial charge in [0.05, 0.1) is 31.2 Å². The molecule has 3 aromatic rings. The summed E-state index contributed by atoms with van der Waals surface area (Å²) in [5.41, 5.74) is 1.54. The zero-order valence-corrected chi connectivity index (χ0v) is 18.7. The fourth-order valence-corrected chi connectivity index (χ4v) is 3.37. The Labute approximate surface area is 189 Å². The van der Waals surface area contributed by atoms with Gasteiger partial charge in [-0.1, -0.05) is 12.1 Å². The van der Waals surface area contributed by atoms with E-state index in [1.165, 1.54) is 37.1 Å². The van der Waals surface area contributed by atoms with Crippen molar-refractivity contribution in [1.29, 1.82) is 0 Å². The van der Waals surface area contributed by atoms with E-state index < -0.39 is 17.6 Å². The minimum Gasteiger partial charge on any atom is -0.493 e. The Morgan fingerprint density at radius 1 is 1.06 bits per heavy atom. The minimum atomic E-state index is -4.58. The van der Waals surface area contributed by atoms with Crippen molar-refractivity contribution < 1.29 is 27.4 Å². The van der Waals surface area contributed by atoms with Crippen LogP contribution in [0.4, 0.5) is 13.2 Å². The van der Waals surface area contributed by atoms with Crippen LogP contribution in [0.2, 0.25) is 0 Å². The lowest BCUT2D eigenvalue weighted by Gasteiger charge is -2.15. The molecule has 33 heavy (non-hydrogen) atoms. The van der Waals surface area contributed by atoms with Gasteiger partial charge in [-0.25, -0.2) is 4.68 Å². The summed E-state index contributed by atoms with van der Waals surface area (Å²) in [5, 5.41) is 6.74. The third kappa shape index (κ3) is 5.74. The molecule has 0 fully saturated rings. The zero-order chi connectivity index (χ0) is 24.2. The topological polar surface area (TPSA) is 65.4 Å². The number of benzene rings is 2. The lowest BCUT2D eigenvalue weighted by atomic mass is 10.1. The molecule has 3 rings (SSSR count). The van der Waals surface area contributed by atoms with Crippen molar-refractivity contribution in [2.24, 2.45) is 0 Å². The second-order valence-corrected chi connectivity index (χ2v) is 7.34. The number of methoxy groups -OCH3 is 2. The number of carbonyl (C=O) groups excluding carboxylic acids is 1. The van der Waals surface area contributed by atoms with Crippen LogP contribution in [0.5, 0.6) is 11.5 Å². The predicted octanol–water partition coefficient (Wildman–Crippen LogP) is 4.85. The molecule has 0 saturated carbocycles. The van der Waals surface area contributed by atoms with Gasteiger partial charge >= 0.3 is 6.18 Å². The van der Waals surface area contributed by atoms with Gasteiger partial charge in [0.1, 0.15) is 0 Å². The van der Waals surface area contributed by atoms with Crippen LogP contribution in [0.15, 0.2) is 48.5 Å². The van der Waals surface area contributed by atoms with Gasteiger partial charge in [-0.3, -0.25) is 4.79 Å². The Morgan fingerprint density at radius 3 is 2.39 bits per heavy atom. The summed E-state index contributed by atoms with van der Waals surface area (Å²) in [7, 11) is 3.01. The van der Waals surface area contributed by atoms with Crippen LogP contribution in [0.25, 0.3) is 11.8 Å². The first kappa shape index (κ1) is 23.9. The number of nitrogens with zero attached hydrogens (tertiary/aromatic N) is 2. The molecule has 0 aliphatic rings. The lowest BCUT2D eigenvalue weighted by Crippen LogP contribution is -2.23. The second kappa shape index (κ2) is 9.81. The summed E-state index contributed by atoms with van der Waals surface area (Å²) in [6.07, 6.45) is -1.80. The van der Waals surface area contributed by atoms with Crippen molar-refractivity contribution in [3.05, 3.63) is 76.6 Å².